The smallest absolute Gasteiger partial charge is 0.255 e. The molecule has 1 N–H and O–H groups in total. The van der Waals surface area contributed by atoms with Crippen LogP contribution in [0.1, 0.15) is 30.6 Å². The normalized spacial score (nSPS) is 13.9. The second kappa shape index (κ2) is 9.65. The van der Waals surface area contributed by atoms with Gasteiger partial charge in [-0.2, -0.15) is 0 Å². The van der Waals surface area contributed by atoms with E-state index < -0.39 is 0 Å². The number of amides is 2. The third-order valence-corrected chi connectivity index (χ3v) is 5.14. The number of ether oxygens (including phenoxy) is 1. The fraction of sp³-hybridized carbons (Fsp3) is 0.364. The van der Waals surface area contributed by atoms with Crippen molar-refractivity contribution in [3.63, 3.8) is 0 Å². The van der Waals surface area contributed by atoms with Crippen molar-refractivity contribution in [2.75, 3.05) is 43.0 Å². The Morgan fingerprint density at radius 2 is 1.86 bits per heavy atom. The van der Waals surface area contributed by atoms with Gasteiger partial charge in [0.15, 0.2) is 0 Å². The minimum atomic E-state index is -0.217. The quantitative estimate of drug-likeness (QED) is 0.773. The molecule has 2 amide bonds. The summed E-state index contributed by atoms with van der Waals surface area (Å²) >= 11 is 6.48. The number of carbonyl (C=O) groups excluding carboxylic acids is 2. The molecule has 1 heterocycles. The Labute approximate surface area is 176 Å². The molecular formula is C22H26ClN3O3. The lowest BCUT2D eigenvalue weighted by molar-refractivity contribution is -0.129. The fourth-order valence-corrected chi connectivity index (χ4v) is 3.55. The number of carbonyl (C=O) groups is 2. The van der Waals surface area contributed by atoms with Crippen LogP contribution in [0.2, 0.25) is 5.02 Å². The third kappa shape index (κ3) is 5.41. The Balaban J connectivity index is 1.65. The van der Waals surface area contributed by atoms with Crippen molar-refractivity contribution in [3.8, 4) is 5.75 Å². The Morgan fingerprint density at radius 3 is 2.52 bits per heavy atom. The van der Waals surface area contributed by atoms with Gasteiger partial charge < -0.3 is 19.9 Å². The van der Waals surface area contributed by atoms with E-state index in [1.165, 1.54) is 0 Å². The maximum atomic E-state index is 12.6. The molecule has 0 aliphatic carbocycles. The van der Waals surface area contributed by atoms with E-state index in [0.29, 0.717) is 41.7 Å². The number of anilines is 2. The van der Waals surface area contributed by atoms with Crippen LogP contribution >= 0.6 is 11.6 Å². The predicted molar refractivity (Wildman–Crippen MR) is 116 cm³/mol. The van der Waals surface area contributed by atoms with Gasteiger partial charge in [0.05, 0.1) is 17.3 Å². The fourth-order valence-electron chi connectivity index (χ4n) is 3.25. The lowest BCUT2D eigenvalue weighted by Gasteiger charge is -2.36. The number of hydrogen-bond acceptors (Lipinski definition) is 4. The van der Waals surface area contributed by atoms with Gasteiger partial charge in [-0.15, -0.1) is 0 Å². The minimum absolute atomic E-state index is 0.0953. The number of piperazine rings is 1. The Morgan fingerprint density at radius 1 is 1.10 bits per heavy atom. The second-order valence-corrected chi connectivity index (χ2v) is 7.40. The molecule has 6 nitrogen and oxygen atoms in total. The van der Waals surface area contributed by atoms with Gasteiger partial charge in [0, 0.05) is 44.4 Å². The zero-order valence-electron chi connectivity index (χ0n) is 16.8. The van der Waals surface area contributed by atoms with Gasteiger partial charge in [-0.05, 0) is 42.8 Å². The molecule has 154 valence electrons. The first-order chi connectivity index (χ1) is 14.0. The van der Waals surface area contributed by atoms with Crippen molar-refractivity contribution >= 4 is 34.8 Å². The predicted octanol–water partition coefficient (Wildman–Crippen LogP) is 4.05. The Hall–Kier alpha value is -2.73. The molecule has 1 fully saturated rings. The first-order valence-corrected chi connectivity index (χ1v) is 10.2. The zero-order valence-corrected chi connectivity index (χ0v) is 17.5. The first kappa shape index (κ1) is 21.0. The van der Waals surface area contributed by atoms with Crippen LogP contribution in [0.4, 0.5) is 11.4 Å². The SMILES string of the molecule is CCCOc1cccc(C(=O)Nc2ccc(N3CCN(C(C)=O)CC3)c(Cl)c2)c1. The largest absolute Gasteiger partial charge is 0.494 e. The van der Waals surface area contributed by atoms with E-state index in [9.17, 15) is 9.59 Å². The molecule has 2 aromatic rings. The molecule has 0 aromatic heterocycles. The van der Waals surface area contributed by atoms with Gasteiger partial charge in [-0.1, -0.05) is 24.6 Å². The molecule has 1 aliphatic rings. The van der Waals surface area contributed by atoms with E-state index in [-0.39, 0.29) is 11.8 Å². The van der Waals surface area contributed by atoms with E-state index in [2.05, 4.69) is 10.2 Å². The van der Waals surface area contributed by atoms with Gasteiger partial charge in [0.2, 0.25) is 5.91 Å². The minimum Gasteiger partial charge on any atom is -0.494 e. The Kier molecular flexibility index (Phi) is 6.99. The van der Waals surface area contributed by atoms with Crippen LogP contribution in [-0.4, -0.2) is 49.5 Å². The van der Waals surface area contributed by atoms with Crippen LogP contribution in [0.3, 0.4) is 0 Å². The van der Waals surface area contributed by atoms with Crippen LogP contribution < -0.4 is 15.0 Å². The van der Waals surface area contributed by atoms with Gasteiger partial charge >= 0.3 is 0 Å². The second-order valence-electron chi connectivity index (χ2n) is 6.99. The molecule has 7 heteroatoms. The van der Waals surface area contributed by atoms with Crippen molar-refractivity contribution < 1.29 is 14.3 Å². The molecule has 0 radical (unpaired) electrons. The highest BCUT2D eigenvalue weighted by molar-refractivity contribution is 6.33. The van der Waals surface area contributed by atoms with Crippen molar-refractivity contribution in [2.45, 2.75) is 20.3 Å². The lowest BCUT2D eigenvalue weighted by Crippen LogP contribution is -2.48. The molecule has 0 spiro atoms. The highest BCUT2D eigenvalue weighted by atomic mass is 35.5. The molecule has 2 aromatic carbocycles. The number of halogens is 1. The van der Waals surface area contributed by atoms with Crippen LogP contribution in [0, 0.1) is 0 Å². The summed E-state index contributed by atoms with van der Waals surface area (Å²) in [5, 5.41) is 3.45. The lowest BCUT2D eigenvalue weighted by atomic mass is 10.2. The van der Waals surface area contributed by atoms with E-state index in [1.807, 2.05) is 30.0 Å². The van der Waals surface area contributed by atoms with Gasteiger partial charge in [0.25, 0.3) is 5.91 Å². The van der Waals surface area contributed by atoms with Gasteiger partial charge in [-0.25, -0.2) is 0 Å². The summed E-state index contributed by atoms with van der Waals surface area (Å²) in [6, 6.07) is 12.6. The molecule has 0 bridgehead atoms. The van der Waals surface area contributed by atoms with Crippen molar-refractivity contribution in [1.29, 1.82) is 0 Å². The highest BCUT2D eigenvalue weighted by Gasteiger charge is 2.20. The van der Waals surface area contributed by atoms with Gasteiger partial charge in [0.1, 0.15) is 5.75 Å². The summed E-state index contributed by atoms with van der Waals surface area (Å²) in [5.41, 5.74) is 2.06. The molecule has 29 heavy (non-hydrogen) atoms. The molecule has 0 atom stereocenters. The van der Waals surface area contributed by atoms with Gasteiger partial charge in [-0.3, -0.25) is 9.59 Å². The summed E-state index contributed by atoms with van der Waals surface area (Å²) in [6.45, 7) is 7.06. The van der Waals surface area contributed by atoms with Crippen molar-refractivity contribution in [2.24, 2.45) is 0 Å². The van der Waals surface area contributed by atoms with Crippen molar-refractivity contribution in [1.82, 2.24) is 4.90 Å². The monoisotopic (exact) mass is 415 g/mol. The number of nitrogens with zero attached hydrogens (tertiary/aromatic N) is 2. The van der Waals surface area contributed by atoms with E-state index in [1.54, 1.807) is 31.2 Å². The van der Waals surface area contributed by atoms with Crippen LogP contribution in [-0.2, 0) is 4.79 Å². The van der Waals surface area contributed by atoms with Crippen LogP contribution in [0.5, 0.6) is 5.75 Å². The van der Waals surface area contributed by atoms with Crippen LogP contribution in [0.15, 0.2) is 42.5 Å². The van der Waals surface area contributed by atoms with E-state index >= 15 is 0 Å². The summed E-state index contributed by atoms with van der Waals surface area (Å²) in [4.78, 5) is 28.0. The zero-order chi connectivity index (χ0) is 20.8. The first-order valence-electron chi connectivity index (χ1n) is 9.82. The summed E-state index contributed by atoms with van der Waals surface area (Å²) < 4.78 is 5.59. The van der Waals surface area contributed by atoms with Crippen LogP contribution in [0.25, 0.3) is 0 Å². The summed E-state index contributed by atoms with van der Waals surface area (Å²) in [6.07, 6.45) is 0.908. The molecule has 1 aliphatic heterocycles. The molecule has 3 rings (SSSR count). The number of benzene rings is 2. The maximum Gasteiger partial charge on any atom is 0.255 e. The molecule has 0 saturated carbocycles. The standard InChI is InChI=1S/C22H26ClN3O3/c1-3-13-29-19-6-4-5-17(14-19)22(28)24-18-7-8-21(20(23)15-18)26-11-9-25(10-12-26)16(2)27/h4-8,14-15H,3,9-13H2,1-2H3,(H,24,28). The highest BCUT2D eigenvalue weighted by Crippen LogP contribution is 2.30. The maximum absolute atomic E-state index is 12.6. The van der Waals surface area contributed by atoms with E-state index in [4.69, 9.17) is 16.3 Å². The molecule has 0 unspecified atom stereocenters. The molecular weight excluding hydrogens is 390 g/mol. The number of hydrogen-bond donors (Lipinski definition) is 1. The topological polar surface area (TPSA) is 61.9 Å². The Bertz CT molecular complexity index is 879. The summed E-state index contributed by atoms with van der Waals surface area (Å²) in [7, 11) is 0. The number of nitrogens with one attached hydrogen (secondary N) is 1. The average Bonchev–Trinajstić information content (AvgIpc) is 2.72. The third-order valence-electron chi connectivity index (χ3n) is 4.84. The average molecular weight is 416 g/mol. The summed E-state index contributed by atoms with van der Waals surface area (Å²) in [5.74, 6) is 0.557. The van der Waals surface area contributed by atoms with Crippen molar-refractivity contribution in [3.05, 3.63) is 53.1 Å². The molecule has 1 saturated heterocycles. The van der Waals surface area contributed by atoms with E-state index in [0.717, 1.165) is 25.2 Å². The number of rotatable bonds is 6.